The predicted octanol–water partition coefficient (Wildman–Crippen LogP) is 7.56. The van der Waals surface area contributed by atoms with Gasteiger partial charge in [-0.1, -0.05) is 63.2 Å². The van der Waals surface area contributed by atoms with Gasteiger partial charge in [-0.2, -0.15) is 0 Å². The second-order valence-corrected chi connectivity index (χ2v) is 12.7. The summed E-state index contributed by atoms with van der Waals surface area (Å²) in [6.07, 6.45) is 0.681. The number of fused-ring (bicyclic) bond motifs is 1. The highest BCUT2D eigenvalue weighted by molar-refractivity contribution is 7.15. The van der Waals surface area contributed by atoms with Gasteiger partial charge in [-0.05, 0) is 47.7 Å². The van der Waals surface area contributed by atoms with E-state index in [1.54, 1.807) is 24.3 Å². The minimum absolute atomic E-state index is 0.0731. The van der Waals surface area contributed by atoms with Gasteiger partial charge in [0.25, 0.3) is 11.8 Å². The number of carbonyl (C=O) groups is 2. The molecule has 1 aliphatic heterocycles. The maximum atomic E-state index is 14.8. The van der Waals surface area contributed by atoms with Crippen molar-refractivity contribution in [3.05, 3.63) is 106 Å². The maximum Gasteiger partial charge on any atom is 0.261 e. The van der Waals surface area contributed by atoms with Crippen molar-refractivity contribution in [3.8, 4) is 10.6 Å². The Bertz CT molecular complexity index is 1560. The van der Waals surface area contributed by atoms with Gasteiger partial charge >= 0.3 is 0 Å². The minimum Gasteiger partial charge on any atom is -0.355 e. The van der Waals surface area contributed by atoms with Gasteiger partial charge in [0.1, 0.15) is 29.1 Å². The first kappa shape index (κ1) is 29.5. The fourth-order valence-electron chi connectivity index (χ4n) is 5.22. The van der Waals surface area contributed by atoms with E-state index in [1.165, 1.54) is 11.3 Å². The second-order valence-electron chi connectivity index (χ2n) is 11.7. The number of rotatable bonds is 10. The topological polar surface area (TPSA) is 53.5 Å². The standard InChI is InChI=1S/C33H32F3N3O2S/c1-33(2,3)20-38(16-15-23(19-34)39-31(40)24-11-7-8-12-25(24)32(39)41)29-28(17-21-9-5-4-6-10-21)42-30(37-29)26-18-22(35)13-14-27(26)36/h4-14,18,23H,15-17,19-20H2,1-3H3/t23-/m0/s1. The molecule has 2 heterocycles. The van der Waals surface area contributed by atoms with E-state index in [-0.39, 0.29) is 35.1 Å². The van der Waals surface area contributed by atoms with Crippen molar-refractivity contribution in [1.29, 1.82) is 0 Å². The van der Waals surface area contributed by atoms with Crippen molar-refractivity contribution in [3.63, 3.8) is 0 Å². The molecule has 9 heteroatoms. The number of thiazole rings is 1. The summed E-state index contributed by atoms with van der Waals surface area (Å²) in [4.78, 5) is 34.9. The zero-order valence-corrected chi connectivity index (χ0v) is 24.6. The summed E-state index contributed by atoms with van der Waals surface area (Å²) >= 11 is 1.29. The number of anilines is 1. The first-order valence-corrected chi connectivity index (χ1v) is 14.6. The van der Waals surface area contributed by atoms with Crippen molar-refractivity contribution < 1.29 is 22.8 Å². The van der Waals surface area contributed by atoms with E-state index in [4.69, 9.17) is 4.98 Å². The molecule has 5 nitrogen and oxygen atoms in total. The molecular formula is C33H32F3N3O2S. The number of hydrogen-bond donors (Lipinski definition) is 0. The number of aromatic nitrogens is 1. The number of alkyl halides is 1. The molecule has 0 aliphatic carbocycles. The third-order valence-corrected chi connectivity index (χ3v) is 8.19. The fourth-order valence-corrected chi connectivity index (χ4v) is 6.35. The number of carbonyl (C=O) groups excluding carboxylic acids is 2. The lowest BCUT2D eigenvalue weighted by Crippen LogP contribution is -2.44. The van der Waals surface area contributed by atoms with Gasteiger partial charge in [0.15, 0.2) is 0 Å². The average Bonchev–Trinajstić information content (AvgIpc) is 3.48. The van der Waals surface area contributed by atoms with Crippen LogP contribution in [0.1, 0.15) is 58.3 Å². The molecule has 1 atom stereocenters. The van der Waals surface area contributed by atoms with E-state index >= 15 is 0 Å². The molecule has 2 amide bonds. The van der Waals surface area contributed by atoms with Gasteiger partial charge in [-0.3, -0.25) is 14.5 Å². The van der Waals surface area contributed by atoms with Crippen molar-refractivity contribution in [2.24, 2.45) is 5.41 Å². The molecule has 1 aliphatic rings. The molecule has 0 N–H and O–H groups in total. The largest absolute Gasteiger partial charge is 0.355 e. The fraction of sp³-hybridized carbons (Fsp3) is 0.303. The van der Waals surface area contributed by atoms with E-state index in [2.05, 4.69) is 20.8 Å². The van der Waals surface area contributed by atoms with Crippen LogP contribution in [-0.4, -0.2) is 47.5 Å². The zero-order valence-electron chi connectivity index (χ0n) is 23.7. The van der Waals surface area contributed by atoms with Crippen LogP contribution in [-0.2, 0) is 6.42 Å². The molecule has 3 aromatic carbocycles. The van der Waals surface area contributed by atoms with E-state index < -0.39 is 36.2 Å². The maximum absolute atomic E-state index is 14.8. The Morgan fingerprint density at radius 3 is 2.17 bits per heavy atom. The number of nitrogens with zero attached hydrogens (tertiary/aromatic N) is 3. The summed E-state index contributed by atoms with van der Waals surface area (Å²) in [6.45, 7) is 6.11. The zero-order chi connectivity index (χ0) is 30.0. The summed E-state index contributed by atoms with van der Waals surface area (Å²) < 4.78 is 43.4. The van der Waals surface area contributed by atoms with Crippen LogP contribution >= 0.6 is 11.3 Å². The van der Waals surface area contributed by atoms with Crippen LogP contribution in [0.3, 0.4) is 0 Å². The van der Waals surface area contributed by atoms with Gasteiger partial charge in [-0.15, -0.1) is 11.3 Å². The summed E-state index contributed by atoms with van der Waals surface area (Å²) in [7, 11) is 0. The average molecular weight is 592 g/mol. The Hall–Kier alpha value is -3.98. The van der Waals surface area contributed by atoms with E-state index in [0.29, 0.717) is 23.8 Å². The molecule has 0 radical (unpaired) electrons. The summed E-state index contributed by atoms with van der Waals surface area (Å²) in [5, 5.41) is 0.342. The van der Waals surface area contributed by atoms with Crippen LogP contribution in [0.5, 0.6) is 0 Å². The highest BCUT2D eigenvalue weighted by Gasteiger charge is 2.40. The number of benzene rings is 3. The number of halogens is 3. The van der Waals surface area contributed by atoms with Crippen LogP contribution in [0.25, 0.3) is 10.6 Å². The smallest absolute Gasteiger partial charge is 0.261 e. The lowest BCUT2D eigenvalue weighted by molar-refractivity contribution is 0.0551. The van der Waals surface area contributed by atoms with Crippen LogP contribution in [0.4, 0.5) is 19.0 Å². The molecule has 1 aromatic heterocycles. The first-order valence-electron chi connectivity index (χ1n) is 13.8. The molecule has 0 saturated heterocycles. The highest BCUT2D eigenvalue weighted by Crippen LogP contribution is 2.37. The number of imide groups is 1. The lowest BCUT2D eigenvalue weighted by atomic mass is 9.95. The van der Waals surface area contributed by atoms with E-state index in [9.17, 15) is 22.8 Å². The van der Waals surface area contributed by atoms with Crippen LogP contribution in [0.2, 0.25) is 0 Å². The van der Waals surface area contributed by atoms with Gasteiger partial charge in [0, 0.05) is 25.1 Å². The Kier molecular flexibility index (Phi) is 8.50. The van der Waals surface area contributed by atoms with Gasteiger partial charge in [0.05, 0.1) is 22.0 Å². The van der Waals surface area contributed by atoms with Crippen molar-refractivity contribution >= 4 is 29.0 Å². The summed E-state index contributed by atoms with van der Waals surface area (Å²) in [5.74, 6) is -1.54. The van der Waals surface area contributed by atoms with Crippen molar-refractivity contribution in [2.75, 3.05) is 24.7 Å². The monoisotopic (exact) mass is 591 g/mol. The van der Waals surface area contributed by atoms with Gasteiger partial charge in [0.2, 0.25) is 0 Å². The Balaban J connectivity index is 1.50. The van der Waals surface area contributed by atoms with Crippen LogP contribution in [0.15, 0.2) is 72.8 Å². The van der Waals surface area contributed by atoms with Gasteiger partial charge < -0.3 is 4.90 Å². The summed E-state index contributed by atoms with van der Waals surface area (Å²) in [6, 6.07) is 18.6. The number of amides is 2. The quantitative estimate of drug-likeness (QED) is 0.179. The summed E-state index contributed by atoms with van der Waals surface area (Å²) in [5.41, 5.74) is 1.44. The molecular weight excluding hydrogens is 559 g/mol. The Morgan fingerprint density at radius 1 is 0.905 bits per heavy atom. The molecule has 0 bridgehead atoms. The second kappa shape index (κ2) is 12.1. The molecule has 5 rings (SSSR count). The predicted molar refractivity (Wildman–Crippen MR) is 160 cm³/mol. The molecule has 218 valence electrons. The Morgan fingerprint density at radius 2 is 1.55 bits per heavy atom. The van der Waals surface area contributed by atoms with Gasteiger partial charge in [-0.25, -0.2) is 18.2 Å². The lowest BCUT2D eigenvalue weighted by Gasteiger charge is -2.33. The minimum atomic E-state index is -0.962. The Labute approximate surface area is 247 Å². The number of hydrogen-bond acceptors (Lipinski definition) is 5. The molecule has 0 fully saturated rings. The third kappa shape index (κ3) is 6.26. The van der Waals surface area contributed by atoms with E-state index in [0.717, 1.165) is 33.5 Å². The molecule has 42 heavy (non-hydrogen) atoms. The molecule has 0 unspecified atom stereocenters. The normalized spacial score (nSPS) is 13.9. The molecule has 0 spiro atoms. The van der Waals surface area contributed by atoms with E-state index in [1.807, 2.05) is 35.2 Å². The van der Waals surface area contributed by atoms with Crippen molar-refractivity contribution in [1.82, 2.24) is 9.88 Å². The van der Waals surface area contributed by atoms with Crippen LogP contribution < -0.4 is 4.90 Å². The molecule has 4 aromatic rings. The first-order chi connectivity index (χ1) is 20.1. The van der Waals surface area contributed by atoms with Crippen molar-refractivity contribution in [2.45, 2.75) is 39.7 Å². The molecule has 0 saturated carbocycles. The van der Waals surface area contributed by atoms with Crippen LogP contribution in [0, 0.1) is 17.0 Å². The SMILES string of the molecule is CC(C)(C)CN(CC[C@@H](CF)N1C(=O)c2ccccc2C1=O)c1nc(-c2cc(F)ccc2F)sc1Cc1ccccc1. The third-order valence-electron chi connectivity index (χ3n) is 7.11. The highest BCUT2D eigenvalue weighted by atomic mass is 32.1.